The molecule has 0 saturated heterocycles. The van der Waals surface area contributed by atoms with Crippen LogP contribution in [0.4, 0.5) is 0 Å². The van der Waals surface area contributed by atoms with Crippen molar-refractivity contribution in [3.8, 4) is 6.07 Å². The molecule has 4 heavy (non-hydrogen) atoms. The Labute approximate surface area is 29.2 Å². The summed E-state index contributed by atoms with van der Waals surface area (Å²) in [5, 5.41) is 7.59. The first kappa shape index (κ1) is 1.05. The van der Waals surface area contributed by atoms with Crippen molar-refractivity contribution in [2.24, 2.45) is 0 Å². The minimum Gasteiger partial charge on any atom is -0.412 e. The molecule has 0 bridgehead atoms. The molecule has 0 aromatic rings. The molecule has 2 N–H and O–H groups in total. The Bertz CT molecular complexity index is 79.9. The predicted octanol–water partition coefficient (Wildman–Crippen LogP) is -0.295. The van der Waals surface area contributed by atoms with Crippen molar-refractivity contribution in [2.45, 2.75) is 6.85 Å². The van der Waals surface area contributed by atoms with Gasteiger partial charge in [-0.1, -0.05) is 0 Å². The van der Waals surface area contributed by atoms with Crippen molar-refractivity contribution in [3.63, 3.8) is 0 Å². The van der Waals surface area contributed by atoms with Gasteiger partial charge in [-0.2, -0.15) is 5.26 Å². The molecular formula is C2H5NO. The lowest BCUT2D eigenvalue weighted by Crippen LogP contribution is -1.10. The van der Waals surface area contributed by atoms with Crippen LogP contribution in [0.5, 0.6) is 0 Å². The first-order chi connectivity index (χ1) is 2.56. The zero-order valence-electron chi connectivity index (χ0n) is 4.95. The van der Waals surface area contributed by atoms with Gasteiger partial charge in [0.2, 0.25) is 0 Å². The summed E-state index contributed by atoms with van der Waals surface area (Å²) in [4.78, 5) is 0. The highest BCUT2D eigenvalue weighted by molar-refractivity contribution is 4.51. The molecule has 0 aromatic heterocycles. The highest BCUT2D eigenvalue weighted by Crippen LogP contribution is 1.21. The predicted molar refractivity (Wildman–Crippen MR) is 14.9 cm³/mol. The number of hydrogen-bond donors (Lipinski definition) is 0. The van der Waals surface area contributed by atoms with E-state index in [0.717, 1.165) is 6.07 Å². The summed E-state index contributed by atoms with van der Waals surface area (Å²) < 4.78 is 18.5. The normalized spacial score (nSPS) is 16.2. The van der Waals surface area contributed by atoms with E-state index in [1.807, 2.05) is 0 Å². The second-order valence-corrected chi connectivity index (χ2v) is 0.112. The average Bonchev–Trinajstić information content (AvgIpc) is 1.35. The maximum absolute atomic E-state index is 7.59. The summed E-state index contributed by atoms with van der Waals surface area (Å²) in [7, 11) is 0. The fourth-order valence-electron chi connectivity index (χ4n) is 0. The van der Waals surface area contributed by atoms with Crippen LogP contribution in [-0.4, -0.2) is 5.48 Å². The van der Waals surface area contributed by atoms with E-state index in [-0.39, 0.29) is 5.48 Å². The minimum atomic E-state index is -2.40. The van der Waals surface area contributed by atoms with Crippen LogP contribution in [-0.2, 0) is 0 Å². The van der Waals surface area contributed by atoms with Crippen LogP contribution in [0.1, 0.15) is 11.0 Å². The van der Waals surface area contributed by atoms with Gasteiger partial charge in [-0.25, -0.2) is 0 Å². The van der Waals surface area contributed by atoms with Gasteiger partial charge in [0.15, 0.2) is 0 Å². The van der Waals surface area contributed by atoms with Gasteiger partial charge in [0, 0.05) is 11.0 Å². The Morgan fingerprint density at radius 1 is 2.25 bits per heavy atom. The van der Waals surface area contributed by atoms with Gasteiger partial charge in [-0.3, -0.25) is 0 Å². The molecule has 0 aliphatic rings. The van der Waals surface area contributed by atoms with Crippen molar-refractivity contribution in [3.05, 3.63) is 0 Å². The Kier molecular flexibility index (Phi) is 6.65. The van der Waals surface area contributed by atoms with Gasteiger partial charge in [-0.05, 0) is 0 Å². The van der Waals surface area contributed by atoms with Gasteiger partial charge in [0.1, 0.15) is 0 Å². The molecule has 0 aliphatic carbocycles. The van der Waals surface area contributed by atoms with Crippen molar-refractivity contribution < 1.29 is 9.59 Å². The molecule has 0 spiro atoms. The van der Waals surface area contributed by atoms with Crippen LogP contribution in [0.15, 0.2) is 0 Å². The van der Waals surface area contributed by atoms with E-state index in [0.29, 0.717) is 0 Å². The molecule has 0 aliphatic heterocycles. The van der Waals surface area contributed by atoms with Crippen molar-refractivity contribution in [1.29, 1.82) is 5.26 Å². The lowest BCUT2D eigenvalue weighted by Gasteiger charge is -1.15. The molecule has 2 nitrogen and oxygen atoms in total. The summed E-state index contributed by atoms with van der Waals surface area (Å²) in [6.07, 6.45) is 0. The first-order valence-electron chi connectivity index (χ1n) is 1.97. The molecule has 0 unspecified atom stereocenters. The van der Waals surface area contributed by atoms with Crippen molar-refractivity contribution >= 4 is 0 Å². The van der Waals surface area contributed by atoms with E-state index < -0.39 is 6.85 Å². The highest BCUT2D eigenvalue weighted by Gasteiger charge is 1.17. The first-order valence-corrected chi connectivity index (χ1v) is 0.474. The van der Waals surface area contributed by atoms with E-state index in [2.05, 4.69) is 0 Å². The van der Waals surface area contributed by atoms with Gasteiger partial charge >= 0.3 is 0 Å². The monoisotopic (exact) mass is 62.1 g/mol. The van der Waals surface area contributed by atoms with E-state index in [1.54, 1.807) is 0 Å². The van der Waals surface area contributed by atoms with Gasteiger partial charge in [0.05, 0.1) is 6.07 Å². The zero-order chi connectivity index (χ0) is 5.21. The molecule has 0 saturated carbocycles. The molecule has 0 heterocycles. The summed E-state index contributed by atoms with van der Waals surface area (Å²) in [5.74, 6) is 0. The molecule has 0 amide bonds. The Hall–Kier alpha value is -0.550. The standard InChI is InChI=1S/C2H3N.H2O/c1-2-3;/h1H3;1H2/i1D3;. The maximum atomic E-state index is 7.59. The van der Waals surface area contributed by atoms with Crippen LogP contribution in [0.25, 0.3) is 0 Å². The third kappa shape index (κ3) is 0.971. The molecular weight excluding hydrogens is 54.0 g/mol. The number of hydrogen-bond acceptors (Lipinski definition) is 1. The van der Waals surface area contributed by atoms with E-state index >= 15 is 0 Å². The third-order valence-electron chi connectivity index (χ3n) is 0. The van der Waals surface area contributed by atoms with Gasteiger partial charge in [-0.15, -0.1) is 0 Å². The van der Waals surface area contributed by atoms with Gasteiger partial charge < -0.3 is 5.48 Å². The molecule has 0 aromatic carbocycles. The van der Waals surface area contributed by atoms with Crippen LogP contribution < -0.4 is 0 Å². The minimum absolute atomic E-state index is 0. The topological polar surface area (TPSA) is 55.3 Å². The van der Waals surface area contributed by atoms with Crippen molar-refractivity contribution in [1.82, 2.24) is 0 Å². The lowest BCUT2D eigenvalue weighted by atomic mass is 11.0. The Morgan fingerprint density at radius 2 is 2.50 bits per heavy atom. The highest BCUT2D eigenvalue weighted by atomic mass is 16.0. The van der Waals surface area contributed by atoms with Crippen LogP contribution in [0.2, 0.25) is 0 Å². The number of rotatable bonds is 0. The molecule has 0 radical (unpaired) electrons. The van der Waals surface area contributed by atoms with Gasteiger partial charge in [0.25, 0.3) is 0 Å². The molecule has 0 atom stereocenters. The van der Waals surface area contributed by atoms with Crippen LogP contribution in [0.3, 0.4) is 0 Å². The number of nitrogens with zero attached hydrogens (tertiary/aromatic N) is 1. The molecule has 24 valence electrons. The quantitative estimate of drug-likeness (QED) is 0.380. The lowest BCUT2D eigenvalue weighted by molar-refractivity contribution is 0.824. The second kappa shape index (κ2) is 25.4. The van der Waals surface area contributed by atoms with Crippen LogP contribution >= 0.6 is 0 Å². The van der Waals surface area contributed by atoms with Crippen molar-refractivity contribution in [2.75, 3.05) is 0 Å². The maximum Gasteiger partial charge on any atom is 0.0587 e. The molecule has 0 rings (SSSR count). The molecule has 2 heteroatoms. The van der Waals surface area contributed by atoms with E-state index in [9.17, 15) is 0 Å². The summed E-state index contributed by atoms with van der Waals surface area (Å²) in [6.45, 7) is -2.40. The molecule has 0 fully saturated rings. The average molecular weight is 62.1 g/mol. The van der Waals surface area contributed by atoms with E-state index in [1.165, 1.54) is 0 Å². The SMILES string of the molecule is O.[2H]C([2H])([2H])C#N. The Morgan fingerprint density at radius 3 is 2.50 bits per heavy atom. The smallest absolute Gasteiger partial charge is 0.0587 e. The zero-order valence-corrected chi connectivity index (χ0v) is 1.95. The second-order valence-electron chi connectivity index (χ2n) is 0.112. The Balaban J connectivity index is 0. The van der Waals surface area contributed by atoms with E-state index in [4.69, 9.17) is 9.37 Å². The fourth-order valence-corrected chi connectivity index (χ4v) is 0. The van der Waals surface area contributed by atoms with Crippen LogP contribution in [0, 0.1) is 11.3 Å². The summed E-state index contributed by atoms with van der Waals surface area (Å²) in [5.41, 5.74) is 0. The third-order valence-corrected chi connectivity index (χ3v) is 0. The number of nitriles is 1. The summed E-state index contributed by atoms with van der Waals surface area (Å²) >= 11 is 0. The fraction of sp³-hybridized carbons (Fsp3) is 0.500. The largest absolute Gasteiger partial charge is 0.412 e. The summed E-state index contributed by atoms with van der Waals surface area (Å²) in [6, 6.07) is 1.10.